The van der Waals surface area contributed by atoms with Crippen LogP contribution in [0.25, 0.3) is 0 Å². The van der Waals surface area contributed by atoms with Crippen molar-refractivity contribution in [1.29, 1.82) is 0 Å². The number of ether oxygens (including phenoxy) is 2. The number of non-ortho nitro benzene ring substituents is 1. The molecule has 1 N–H and O–H groups in total. The van der Waals surface area contributed by atoms with Crippen molar-refractivity contribution in [2.24, 2.45) is 0 Å². The number of nitro groups is 1. The number of benzene rings is 2. The second-order valence-corrected chi connectivity index (χ2v) is 4.34. The van der Waals surface area contributed by atoms with Crippen molar-refractivity contribution >= 4 is 5.69 Å². The van der Waals surface area contributed by atoms with Gasteiger partial charge in [-0.2, -0.15) is 0 Å². The summed E-state index contributed by atoms with van der Waals surface area (Å²) in [5, 5.41) is 20.3. The van der Waals surface area contributed by atoms with Crippen molar-refractivity contribution in [3.63, 3.8) is 0 Å². The fourth-order valence-electron chi connectivity index (χ4n) is 1.61. The Morgan fingerprint density at radius 1 is 0.952 bits per heavy atom. The van der Waals surface area contributed by atoms with Crippen LogP contribution < -0.4 is 9.47 Å². The molecule has 0 aromatic heterocycles. The van der Waals surface area contributed by atoms with Crippen LogP contribution in [0.1, 0.15) is 0 Å². The summed E-state index contributed by atoms with van der Waals surface area (Å²) >= 11 is 0. The van der Waals surface area contributed by atoms with Gasteiger partial charge in [-0.25, -0.2) is 0 Å². The molecule has 0 aliphatic rings. The molecule has 0 fully saturated rings. The number of aliphatic hydroxyl groups is 1. The van der Waals surface area contributed by atoms with E-state index in [0.717, 1.165) is 0 Å². The normalized spacial score (nSPS) is 11.7. The quantitative estimate of drug-likeness (QED) is 0.625. The second-order valence-electron chi connectivity index (χ2n) is 4.34. The van der Waals surface area contributed by atoms with Crippen LogP contribution in [-0.2, 0) is 0 Å². The van der Waals surface area contributed by atoms with Crippen molar-refractivity contribution in [2.45, 2.75) is 6.10 Å². The first kappa shape index (κ1) is 14.8. The van der Waals surface area contributed by atoms with E-state index in [9.17, 15) is 15.2 Å². The highest BCUT2D eigenvalue weighted by Crippen LogP contribution is 2.17. The lowest BCUT2D eigenvalue weighted by Gasteiger charge is -2.13. The molecule has 6 heteroatoms. The molecule has 0 radical (unpaired) electrons. The zero-order chi connectivity index (χ0) is 15.1. The zero-order valence-corrected chi connectivity index (χ0v) is 11.2. The van der Waals surface area contributed by atoms with Gasteiger partial charge in [0, 0.05) is 12.1 Å². The first-order valence-electron chi connectivity index (χ1n) is 6.38. The van der Waals surface area contributed by atoms with E-state index in [1.807, 2.05) is 18.2 Å². The van der Waals surface area contributed by atoms with E-state index in [0.29, 0.717) is 11.5 Å². The molecule has 0 spiro atoms. The van der Waals surface area contributed by atoms with Gasteiger partial charge in [-0.05, 0) is 24.3 Å². The van der Waals surface area contributed by atoms with E-state index in [1.54, 1.807) is 12.1 Å². The smallest absolute Gasteiger partial charge is 0.269 e. The van der Waals surface area contributed by atoms with E-state index in [2.05, 4.69) is 0 Å². The number of aliphatic hydroxyl groups excluding tert-OH is 1. The van der Waals surface area contributed by atoms with Crippen molar-refractivity contribution in [3.8, 4) is 11.5 Å². The molecule has 2 aromatic rings. The topological polar surface area (TPSA) is 81.8 Å². The Morgan fingerprint density at radius 3 is 2.00 bits per heavy atom. The summed E-state index contributed by atoms with van der Waals surface area (Å²) in [5.74, 6) is 1.13. The Labute approximate surface area is 121 Å². The molecule has 0 saturated carbocycles. The molecule has 6 nitrogen and oxygen atoms in total. The molecule has 110 valence electrons. The van der Waals surface area contributed by atoms with Crippen LogP contribution in [0.4, 0.5) is 5.69 Å². The van der Waals surface area contributed by atoms with Gasteiger partial charge < -0.3 is 14.6 Å². The van der Waals surface area contributed by atoms with Crippen LogP contribution in [0.2, 0.25) is 0 Å². The molecule has 2 rings (SSSR count). The van der Waals surface area contributed by atoms with Crippen molar-refractivity contribution in [3.05, 3.63) is 64.7 Å². The molecule has 2 aromatic carbocycles. The maximum Gasteiger partial charge on any atom is 0.269 e. The summed E-state index contributed by atoms with van der Waals surface area (Å²) in [6.07, 6.45) is -0.791. The van der Waals surface area contributed by atoms with Gasteiger partial charge >= 0.3 is 0 Å². The van der Waals surface area contributed by atoms with E-state index in [-0.39, 0.29) is 18.9 Å². The lowest BCUT2D eigenvalue weighted by Crippen LogP contribution is -2.25. The Kier molecular flexibility index (Phi) is 5.11. The summed E-state index contributed by atoms with van der Waals surface area (Å²) in [5.41, 5.74) is -0.00434. The lowest BCUT2D eigenvalue weighted by molar-refractivity contribution is -0.384. The third-order valence-corrected chi connectivity index (χ3v) is 2.68. The summed E-state index contributed by atoms with van der Waals surface area (Å²) in [6, 6.07) is 14.8. The predicted octanol–water partition coefficient (Wildman–Crippen LogP) is 2.41. The first-order valence-corrected chi connectivity index (χ1v) is 6.38. The number of rotatable bonds is 7. The molecule has 0 aliphatic heterocycles. The van der Waals surface area contributed by atoms with Gasteiger partial charge in [-0.15, -0.1) is 0 Å². The number of hydrogen-bond acceptors (Lipinski definition) is 5. The molecule has 0 aliphatic carbocycles. The molecule has 21 heavy (non-hydrogen) atoms. The third-order valence-electron chi connectivity index (χ3n) is 2.68. The van der Waals surface area contributed by atoms with Crippen LogP contribution in [0.15, 0.2) is 54.6 Å². The maximum atomic E-state index is 10.5. The average molecular weight is 289 g/mol. The Balaban J connectivity index is 1.75. The number of nitrogens with zero attached hydrogens (tertiary/aromatic N) is 1. The first-order chi connectivity index (χ1) is 10.1. The van der Waals surface area contributed by atoms with Gasteiger partial charge in [0.15, 0.2) is 0 Å². The second kappa shape index (κ2) is 7.25. The summed E-state index contributed by atoms with van der Waals surface area (Å²) in [6.45, 7) is 0.154. The minimum Gasteiger partial charge on any atom is -0.491 e. The van der Waals surface area contributed by atoms with Crippen LogP contribution >= 0.6 is 0 Å². The van der Waals surface area contributed by atoms with Gasteiger partial charge in [0.05, 0.1) is 4.92 Å². The zero-order valence-electron chi connectivity index (χ0n) is 11.2. The maximum absolute atomic E-state index is 10.5. The van der Waals surface area contributed by atoms with Gasteiger partial charge in [0.25, 0.3) is 5.69 Å². The fraction of sp³-hybridized carbons (Fsp3) is 0.200. The number of para-hydroxylation sites is 1. The standard InChI is InChI=1S/C15H15NO5/c17-13(10-20-14-4-2-1-3-5-14)11-21-15-8-6-12(7-9-15)16(18)19/h1-9,13,17H,10-11H2. The van der Waals surface area contributed by atoms with E-state index >= 15 is 0 Å². The highest BCUT2D eigenvalue weighted by molar-refractivity contribution is 5.35. The van der Waals surface area contributed by atoms with Crippen molar-refractivity contribution in [2.75, 3.05) is 13.2 Å². The molecule has 0 heterocycles. The lowest BCUT2D eigenvalue weighted by atomic mass is 10.3. The van der Waals surface area contributed by atoms with Crippen molar-refractivity contribution < 1.29 is 19.5 Å². The van der Waals surface area contributed by atoms with Gasteiger partial charge in [0.2, 0.25) is 0 Å². The third kappa shape index (κ3) is 4.77. The van der Waals surface area contributed by atoms with E-state index in [4.69, 9.17) is 9.47 Å². The van der Waals surface area contributed by atoms with E-state index in [1.165, 1.54) is 24.3 Å². The molecule has 0 amide bonds. The van der Waals surface area contributed by atoms with Gasteiger partial charge in [-0.3, -0.25) is 10.1 Å². The minimum atomic E-state index is -0.791. The van der Waals surface area contributed by atoms with Crippen LogP contribution in [0.3, 0.4) is 0 Å². The number of hydrogen-bond donors (Lipinski definition) is 1. The Hall–Kier alpha value is -2.60. The molecule has 1 atom stereocenters. The van der Waals surface area contributed by atoms with Gasteiger partial charge in [0.1, 0.15) is 30.8 Å². The largest absolute Gasteiger partial charge is 0.491 e. The molecule has 1 unspecified atom stereocenters. The van der Waals surface area contributed by atoms with Crippen molar-refractivity contribution in [1.82, 2.24) is 0 Å². The van der Waals surface area contributed by atoms with Crippen LogP contribution in [-0.4, -0.2) is 29.3 Å². The monoisotopic (exact) mass is 289 g/mol. The SMILES string of the molecule is O=[N+]([O-])c1ccc(OCC(O)COc2ccccc2)cc1. The highest BCUT2D eigenvalue weighted by Gasteiger charge is 2.08. The highest BCUT2D eigenvalue weighted by atomic mass is 16.6. The summed E-state index contributed by atoms with van der Waals surface area (Å²) in [7, 11) is 0. The molecular formula is C15H15NO5. The summed E-state index contributed by atoms with van der Waals surface area (Å²) < 4.78 is 10.7. The number of nitro benzene ring substituents is 1. The average Bonchev–Trinajstić information content (AvgIpc) is 2.52. The van der Waals surface area contributed by atoms with E-state index < -0.39 is 11.0 Å². The summed E-state index contributed by atoms with van der Waals surface area (Å²) in [4.78, 5) is 10.0. The molecule has 0 saturated heterocycles. The molecular weight excluding hydrogens is 274 g/mol. The van der Waals surface area contributed by atoms with Gasteiger partial charge in [-0.1, -0.05) is 18.2 Å². The van der Waals surface area contributed by atoms with Crippen LogP contribution in [0, 0.1) is 10.1 Å². The Bertz CT molecular complexity index is 570. The Morgan fingerprint density at radius 2 is 1.48 bits per heavy atom. The predicted molar refractivity (Wildman–Crippen MR) is 76.5 cm³/mol. The van der Waals surface area contributed by atoms with Crippen LogP contribution in [0.5, 0.6) is 11.5 Å². The minimum absolute atomic E-state index is 0.00434. The molecule has 0 bridgehead atoms. The fourth-order valence-corrected chi connectivity index (χ4v) is 1.61.